The SMILES string of the molecule is Clc1cccc(COc2ccc(/C=N\NCc3c(Cl)cccc3Cl)cc2)c1. The smallest absolute Gasteiger partial charge is 0.119 e. The first-order valence-corrected chi connectivity index (χ1v) is 9.41. The van der Waals surface area contributed by atoms with E-state index in [1.165, 1.54) is 0 Å². The van der Waals surface area contributed by atoms with Crippen molar-refractivity contribution in [1.29, 1.82) is 0 Å². The van der Waals surface area contributed by atoms with Crippen molar-refractivity contribution < 1.29 is 4.74 Å². The summed E-state index contributed by atoms with van der Waals surface area (Å²) in [6.45, 7) is 0.921. The van der Waals surface area contributed by atoms with Gasteiger partial charge in [0, 0.05) is 20.6 Å². The van der Waals surface area contributed by atoms with Crippen LogP contribution in [-0.4, -0.2) is 6.21 Å². The zero-order valence-electron chi connectivity index (χ0n) is 14.3. The third kappa shape index (κ3) is 5.90. The topological polar surface area (TPSA) is 33.6 Å². The molecule has 0 saturated heterocycles. The molecular weight excluding hydrogens is 403 g/mol. The van der Waals surface area contributed by atoms with Crippen LogP contribution in [0.2, 0.25) is 15.1 Å². The summed E-state index contributed by atoms with van der Waals surface area (Å²) in [5.41, 5.74) is 5.75. The van der Waals surface area contributed by atoms with Gasteiger partial charge in [-0.3, -0.25) is 0 Å². The first-order valence-electron chi connectivity index (χ1n) is 8.28. The Bertz CT molecular complexity index is 907. The van der Waals surface area contributed by atoms with E-state index in [0.717, 1.165) is 22.4 Å². The van der Waals surface area contributed by atoms with Gasteiger partial charge in [0.25, 0.3) is 0 Å². The van der Waals surface area contributed by atoms with E-state index in [1.54, 1.807) is 18.3 Å². The van der Waals surface area contributed by atoms with Gasteiger partial charge in [-0.2, -0.15) is 5.10 Å². The van der Waals surface area contributed by atoms with Crippen LogP contribution in [0.3, 0.4) is 0 Å². The lowest BCUT2D eigenvalue weighted by molar-refractivity contribution is 0.306. The highest BCUT2D eigenvalue weighted by Crippen LogP contribution is 2.23. The highest BCUT2D eigenvalue weighted by atomic mass is 35.5. The van der Waals surface area contributed by atoms with E-state index < -0.39 is 0 Å². The van der Waals surface area contributed by atoms with E-state index in [1.807, 2.05) is 54.6 Å². The Balaban J connectivity index is 1.50. The molecule has 0 aliphatic heterocycles. The van der Waals surface area contributed by atoms with Crippen molar-refractivity contribution in [1.82, 2.24) is 5.43 Å². The average Bonchev–Trinajstić information content (AvgIpc) is 2.66. The number of hydrazone groups is 1. The van der Waals surface area contributed by atoms with Crippen LogP contribution in [-0.2, 0) is 13.2 Å². The molecule has 27 heavy (non-hydrogen) atoms. The van der Waals surface area contributed by atoms with E-state index in [2.05, 4.69) is 10.5 Å². The van der Waals surface area contributed by atoms with Gasteiger partial charge in [-0.1, -0.05) is 53.0 Å². The van der Waals surface area contributed by atoms with E-state index in [-0.39, 0.29) is 0 Å². The minimum atomic E-state index is 0.454. The summed E-state index contributed by atoms with van der Waals surface area (Å²) in [4.78, 5) is 0. The number of rotatable bonds is 7. The number of hydrogen-bond acceptors (Lipinski definition) is 3. The van der Waals surface area contributed by atoms with Crippen LogP contribution in [0.5, 0.6) is 5.75 Å². The fourth-order valence-electron chi connectivity index (χ4n) is 2.39. The molecule has 0 radical (unpaired) electrons. The quantitative estimate of drug-likeness (QED) is 0.357. The van der Waals surface area contributed by atoms with Crippen molar-refractivity contribution in [3.8, 4) is 5.75 Å². The number of halogens is 3. The lowest BCUT2D eigenvalue weighted by atomic mass is 10.2. The molecule has 138 valence electrons. The molecule has 6 heteroatoms. The van der Waals surface area contributed by atoms with Crippen LogP contribution < -0.4 is 10.2 Å². The maximum absolute atomic E-state index is 6.13. The van der Waals surface area contributed by atoms with Crippen molar-refractivity contribution in [3.05, 3.63) is 98.5 Å². The third-order valence-corrected chi connectivity index (χ3v) is 4.74. The van der Waals surface area contributed by atoms with E-state index >= 15 is 0 Å². The first-order chi connectivity index (χ1) is 13.1. The molecule has 0 aliphatic carbocycles. The molecule has 3 nitrogen and oxygen atoms in total. The van der Waals surface area contributed by atoms with Crippen LogP contribution in [0.15, 0.2) is 71.8 Å². The summed E-state index contributed by atoms with van der Waals surface area (Å²) >= 11 is 18.2. The summed E-state index contributed by atoms with van der Waals surface area (Å²) in [5, 5.41) is 6.14. The molecule has 0 spiro atoms. The van der Waals surface area contributed by atoms with Crippen LogP contribution in [0, 0.1) is 0 Å². The zero-order valence-corrected chi connectivity index (χ0v) is 16.6. The summed E-state index contributed by atoms with van der Waals surface area (Å²) in [7, 11) is 0. The Morgan fingerprint density at radius 3 is 2.30 bits per heavy atom. The second-order valence-electron chi connectivity index (χ2n) is 5.78. The number of ether oxygens (including phenoxy) is 1. The summed E-state index contributed by atoms with van der Waals surface area (Å²) in [6.07, 6.45) is 1.73. The van der Waals surface area contributed by atoms with Crippen LogP contribution in [0.25, 0.3) is 0 Å². The molecule has 0 saturated carbocycles. The van der Waals surface area contributed by atoms with Crippen LogP contribution in [0.4, 0.5) is 0 Å². The van der Waals surface area contributed by atoms with E-state index in [4.69, 9.17) is 39.5 Å². The molecule has 0 heterocycles. The predicted octanol–water partition coefficient (Wildman–Crippen LogP) is 6.35. The third-order valence-electron chi connectivity index (χ3n) is 3.80. The highest BCUT2D eigenvalue weighted by molar-refractivity contribution is 6.36. The maximum atomic E-state index is 6.13. The van der Waals surface area contributed by atoms with Gasteiger partial charge >= 0.3 is 0 Å². The van der Waals surface area contributed by atoms with Crippen LogP contribution >= 0.6 is 34.8 Å². The Morgan fingerprint density at radius 1 is 0.889 bits per heavy atom. The molecule has 0 aliphatic rings. The van der Waals surface area contributed by atoms with Gasteiger partial charge in [-0.05, 0) is 59.7 Å². The minimum Gasteiger partial charge on any atom is -0.489 e. The van der Waals surface area contributed by atoms with Crippen molar-refractivity contribution >= 4 is 41.0 Å². The number of nitrogens with one attached hydrogen (secondary N) is 1. The van der Waals surface area contributed by atoms with Crippen molar-refractivity contribution in [2.75, 3.05) is 0 Å². The molecule has 0 atom stereocenters. The van der Waals surface area contributed by atoms with Crippen molar-refractivity contribution in [3.63, 3.8) is 0 Å². The van der Waals surface area contributed by atoms with Gasteiger partial charge in [0.05, 0.1) is 12.8 Å². The molecule has 3 rings (SSSR count). The molecule has 0 aromatic heterocycles. The molecule has 3 aromatic rings. The summed E-state index contributed by atoms with van der Waals surface area (Å²) in [5.74, 6) is 0.780. The normalized spacial score (nSPS) is 10.9. The van der Waals surface area contributed by atoms with Crippen molar-refractivity contribution in [2.24, 2.45) is 5.10 Å². The van der Waals surface area contributed by atoms with E-state index in [9.17, 15) is 0 Å². The lowest BCUT2D eigenvalue weighted by Gasteiger charge is -2.07. The molecule has 0 amide bonds. The summed E-state index contributed by atoms with van der Waals surface area (Å²) < 4.78 is 5.76. The van der Waals surface area contributed by atoms with Gasteiger partial charge in [-0.25, -0.2) is 0 Å². The number of hydrogen-bond donors (Lipinski definition) is 1. The molecule has 0 unspecified atom stereocenters. The van der Waals surface area contributed by atoms with Gasteiger partial charge < -0.3 is 10.2 Å². The maximum Gasteiger partial charge on any atom is 0.119 e. The molecule has 3 aromatic carbocycles. The predicted molar refractivity (Wildman–Crippen MR) is 113 cm³/mol. The van der Waals surface area contributed by atoms with Crippen LogP contribution in [0.1, 0.15) is 16.7 Å². The molecule has 0 bridgehead atoms. The van der Waals surface area contributed by atoms with Gasteiger partial charge in [-0.15, -0.1) is 0 Å². The molecule has 1 N–H and O–H groups in total. The Hall–Kier alpha value is -2.20. The largest absolute Gasteiger partial charge is 0.489 e. The highest BCUT2D eigenvalue weighted by Gasteiger charge is 2.03. The van der Waals surface area contributed by atoms with Gasteiger partial charge in [0.1, 0.15) is 12.4 Å². The second kappa shape index (κ2) is 9.65. The lowest BCUT2D eigenvalue weighted by Crippen LogP contribution is -2.06. The molecular formula is C21H17Cl3N2O. The standard InChI is InChI=1S/C21H17Cl3N2O/c22-17-4-1-3-16(11-17)14-27-18-9-7-15(8-10-18)12-25-26-13-19-20(23)5-2-6-21(19)24/h1-12,26H,13-14H2/b25-12-. The van der Waals surface area contributed by atoms with Gasteiger partial charge in [0.15, 0.2) is 0 Å². The molecule has 0 fully saturated rings. The fraction of sp³-hybridized carbons (Fsp3) is 0.0952. The van der Waals surface area contributed by atoms with Gasteiger partial charge in [0.2, 0.25) is 0 Å². The number of nitrogens with zero attached hydrogens (tertiary/aromatic N) is 1. The fourth-order valence-corrected chi connectivity index (χ4v) is 3.13. The Morgan fingerprint density at radius 2 is 1.59 bits per heavy atom. The minimum absolute atomic E-state index is 0.454. The number of benzene rings is 3. The first kappa shape index (κ1) is 19.6. The van der Waals surface area contributed by atoms with E-state index in [0.29, 0.717) is 28.2 Å². The Labute approximate surface area is 173 Å². The zero-order chi connectivity index (χ0) is 19.1. The summed E-state index contributed by atoms with van der Waals surface area (Å²) in [6, 6.07) is 20.7. The monoisotopic (exact) mass is 418 g/mol. The second-order valence-corrected chi connectivity index (χ2v) is 7.03. The van der Waals surface area contributed by atoms with Crippen molar-refractivity contribution in [2.45, 2.75) is 13.2 Å². The average molecular weight is 420 g/mol. The Kier molecular flexibility index (Phi) is 6.99.